The molecule has 0 N–H and O–H groups in total. The van der Waals surface area contributed by atoms with Gasteiger partial charge in [0.15, 0.2) is 0 Å². The monoisotopic (exact) mass is 331 g/mol. The largest absolute Gasteiger partial charge is 0.354 e. The van der Waals surface area contributed by atoms with Crippen LogP contribution in [0, 0.1) is 6.92 Å². The lowest BCUT2D eigenvalue weighted by atomic mass is 9.97. The summed E-state index contributed by atoms with van der Waals surface area (Å²) in [6.45, 7) is 10.5. The van der Waals surface area contributed by atoms with Gasteiger partial charge in [-0.2, -0.15) is 0 Å². The molecule has 0 aliphatic carbocycles. The second kappa shape index (κ2) is 7.47. The molecule has 0 spiro atoms. The van der Waals surface area contributed by atoms with E-state index in [-0.39, 0.29) is 0 Å². The van der Waals surface area contributed by atoms with Gasteiger partial charge in [-0.25, -0.2) is 9.97 Å². The summed E-state index contributed by atoms with van der Waals surface area (Å²) in [4.78, 5) is 28.1. The minimum Gasteiger partial charge on any atom is -0.354 e. The van der Waals surface area contributed by atoms with E-state index in [2.05, 4.69) is 38.5 Å². The Bertz CT molecular complexity index is 560. The third-order valence-electron chi connectivity index (χ3n) is 5.30. The second-order valence-corrected chi connectivity index (χ2v) is 7.16. The SMILES string of the molecule is Cc1nccc(N2CCN(CC(=O)N3C(C)CCCC3C)CC2)n1. The lowest BCUT2D eigenvalue weighted by Gasteiger charge is -2.41. The van der Waals surface area contributed by atoms with Gasteiger partial charge < -0.3 is 9.80 Å². The maximum Gasteiger partial charge on any atom is 0.237 e. The zero-order valence-electron chi connectivity index (χ0n) is 15.1. The van der Waals surface area contributed by atoms with E-state index in [1.807, 2.05) is 19.2 Å². The van der Waals surface area contributed by atoms with Gasteiger partial charge in [0.05, 0.1) is 6.54 Å². The molecule has 1 aromatic rings. The van der Waals surface area contributed by atoms with Gasteiger partial charge in [-0.15, -0.1) is 0 Å². The van der Waals surface area contributed by atoms with Crippen LogP contribution < -0.4 is 4.90 Å². The van der Waals surface area contributed by atoms with E-state index in [1.165, 1.54) is 6.42 Å². The summed E-state index contributed by atoms with van der Waals surface area (Å²) < 4.78 is 0. The molecule has 2 atom stereocenters. The third-order valence-corrected chi connectivity index (χ3v) is 5.30. The van der Waals surface area contributed by atoms with Gasteiger partial charge in [-0.3, -0.25) is 9.69 Å². The van der Waals surface area contributed by atoms with E-state index < -0.39 is 0 Å². The molecule has 2 unspecified atom stereocenters. The Labute approximate surface area is 144 Å². The first-order valence-electron chi connectivity index (χ1n) is 9.12. The summed E-state index contributed by atoms with van der Waals surface area (Å²) in [5.41, 5.74) is 0. The van der Waals surface area contributed by atoms with Crippen LogP contribution in [0.15, 0.2) is 12.3 Å². The van der Waals surface area contributed by atoms with Crippen molar-refractivity contribution in [1.29, 1.82) is 0 Å². The molecule has 0 aromatic carbocycles. The zero-order chi connectivity index (χ0) is 17.1. The number of carbonyl (C=O) groups excluding carboxylic acids is 1. The summed E-state index contributed by atoms with van der Waals surface area (Å²) in [5, 5.41) is 0. The van der Waals surface area contributed by atoms with Crippen LogP contribution in [0.4, 0.5) is 5.82 Å². The first kappa shape index (κ1) is 17.1. The summed E-state index contributed by atoms with van der Waals surface area (Å²) in [5.74, 6) is 2.09. The Morgan fingerprint density at radius 2 is 1.83 bits per heavy atom. The molecule has 6 nitrogen and oxygen atoms in total. The molecule has 0 radical (unpaired) electrons. The Morgan fingerprint density at radius 3 is 2.46 bits per heavy atom. The summed E-state index contributed by atoms with van der Waals surface area (Å²) >= 11 is 0. The van der Waals surface area contributed by atoms with Crippen molar-refractivity contribution in [1.82, 2.24) is 19.8 Å². The number of amides is 1. The second-order valence-electron chi connectivity index (χ2n) is 7.16. The lowest BCUT2D eigenvalue weighted by molar-refractivity contribution is -0.138. The molecule has 3 rings (SSSR count). The Hall–Kier alpha value is -1.69. The average Bonchev–Trinajstić information content (AvgIpc) is 2.55. The number of hydrogen-bond acceptors (Lipinski definition) is 5. The number of piperidine rings is 1. The number of rotatable bonds is 3. The van der Waals surface area contributed by atoms with E-state index in [1.54, 1.807) is 0 Å². The number of anilines is 1. The number of aromatic nitrogens is 2. The molecule has 1 amide bonds. The van der Waals surface area contributed by atoms with Gasteiger partial charge in [-0.05, 0) is 46.1 Å². The molecule has 132 valence electrons. The number of hydrogen-bond donors (Lipinski definition) is 0. The normalized spacial score (nSPS) is 25.8. The van der Waals surface area contributed by atoms with Crippen molar-refractivity contribution < 1.29 is 4.79 Å². The maximum absolute atomic E-state index is 12.7. The molecule has 1 aromatic heterocycles. The maximum atomic E-state index is 12.7. The van der Waals surface area contributed by atoms with Gasteiger partial charge in [0.25, 0.3) is 0 Å². The Kier molecular flexibility index (Phi) is 5.33. The highest BCUT2D eigenvalue weighted by Gasteiger charge is 2.30. The van der Waals surface area contributed by atoms with Gasteiger partial charge >= 0.3 is 0 Å². The van der Waals surface area contributed by atoms with Crippen LogP contribution in [0.2, 0.25) is 0 Å². The molecule has 2 fully saturated rings. The van der Waals surface area contributed by atoms with Crippen molar-refractivity contribution in [2.45, 2.75) is 52.1 Å². The molecule has 3 heterocycles. The standard InChI is InChI=1S/C18H29N5O/c1-14-5-4-6-15(2)23(14)18(24)13-21-9-11-22(12-10-21)17-7-8-19-16(3)20-17/h7-8,14-15H,4-6,9-13H2,1-3H3. The fourth-order valence-corrected chi connectivity index (χ4v) is 3.94. The topological polar surface area (TPSA) is 52.6 Å². The van der Waals surface area contributed by atoms with Crippen LogP contribution in [0.1, 0.15) is 38.9 Å². The van der Waals surface area contributed by atoms with E-state index in [0.717, 1.165) is 50.7 Å². The molecule has 6 heteroatoms. The van der Waals surface area contributed by atoms with Crippen LogP contribution in [-0.4, -0.2) is 70.5 Å². The highest BCUT2D eigenvalue weighted by Crippen LogP contribution is 2.23. The molecular formula is C18H29N5O. The minimum atomic E-state index is 0.293. The summed E-state index contributed by atoms with van der Waals surface area (Å²) in [6.07, 6.45) is 5.32. The first-order valence-corrected chi connectivity index (χ1v) is 9.12. The van der Waals surface area contributed by atoms with Gasteiger partial charge in [0, 0.05) is 44.5 Å². The number of aryl methyl sites for hydroxylation is 1. The molecular weight excluding hydrogens is 302 g/mol. The van der Waals surface area contributed by atoms with Crippen molar-refractivity contribution in [2.75, 3.05) is 37.6 Å². The molecule has 24 heavy (non-hydrogen) atoms. The predicted octanol–water partition coefficient (Wildman–Crippen LogP) is 1.70. The van der Waals surface area contributed by atoms with Crippen molar-refractivity contribution in [3.8, 4) is 0 Å². The van der Waals surface area contributed by atoms with Crippen molar-refractivity contribution >= 4 is 11.7 Å². The van der Waals surface area contributed by atoms with E-state index in [9.17, 15) is 4.79 Å². The van der Waals surface area contributed by atoms with Gasteiger partial charge in [-0.1, -0.05) is 0 Å². The highest BCUT2D eigenvalue weighted by molar-refractivity contribution is 5.79. The minimum absolute atomic E-state index is 0.293. The molecule has 2 aliphatic heterocycles. The number of piperazine rings is 1. The first-order chi connectivity index (χ1) is 11.5. The smallest absolute Gasteiger partial charge is 0.237 e. The summed E-state index contributed by atoms with van der Waals surface area (Å²) in [6, 6.07) is 2.73. The van der Waals surface area contributed by atoms with Crippen LogP contribution in [-0.2, 0) is 4.79 Å². The quantitative estimate of drug-likeness (QED) is 0.844. The van der Waals surface area contributed by atoms with Crippen molar-refractivity contribution in [3.63, 3.8) is 0 Å². The fourth-order valence-electron chi connectivity index (χ4n) is 3.94. The molecule has 2 saturated heterocycles. The predicted molar refractivity (Wildman–Crippen MR) is 95.0 cm³/mol. The Balaban J connectivity index is 1.52. The number of nitrogens with zero attached hydrogens (tertiary/aromatic N) is 5. The third kappa shape index (κ3) is 3.86. The van der Waals surface area contributed by atoms with Crippen molar-refractivity contribution in [2.24, 2.45) is 0 Å². The highest BCUT2D eigenvalue weighted by atomic mass is 16.2. The molecule has 0 bridgehead atoms. The fraction of sp³-hybridized carbons (Fsp3) is 0.722. The van der Waals surface area contributed by atoms with E-state index >= 15 is 0 Å². The molecule has 0 saturated carbocycles. The van der Waals surface area contributed by atoms with Crippen LogP contribution >= 0.6 is 0 Å². The number of carbonyl (C=O) groups is 1. The summed E-state index contributed by atoms with van der Waals surface area (Å²) in [7, 11) is 0. The van der Waals surface area contributed by atoms with Gasteiger partial charge in [0.2, 0.25) is 5.91 Å². The van der Waals surface area contributed by atoms with Gasteiger partial charge in [0.1, 0.15) is 11.6 Å². The van der Waals surface area contributed by atoms with Crippen LogP contribution in [0.3, 0.4) is 0 Å². The van der Waals surface area contributed by atoms with Crippen molar-refractivity contribution in [3.05, 3.63) is 18.1 Å². The van der Waals surface area contributed by atoms with E-state index in [0.29, 0.717) is 24.5 Å². The Morgan fingerprint density at radius 1 is 1.17 bits per heavy atom. The number of likely N-dealkylation sites (tertiary alicyclic amines) is 1. The lowest BCUT2D eigenvalue weighted by Crippen LogP contribution is -2.54. The van der Waals surface area contributed by atoms with E-state index in [4.69, 9.17) is 0 Å². The van der Waals surface area contributed by atoms with Crippen LogP contribution in [0.5, 0.6) is 0 Å². The van der Waals surface area contributed by atoms with Crippen LogP contribution in [0.25, 0.3) is 0 Å². The average molecular weight is 331 g/mol. The molecule has 2 aliphatic rings. The zero-order valence-corrected chi connectivity index (χ0v) is 15.1.